The first kappa shape index (κ1) is 15.7. The average Bonchev–Trinajstić information content (AvgIpc) is 2.40. The Kier molecular flexibility index (Phi) is 4.49. The number of alkyl halides is 3. The summed E-state index contributed by atoms with van der Waals surface area (Å²) < 4.78 is 38.1. The summed E-state index contributed by atoms with van der Waals surface area (Å²) in [6.07, 6.45) is -4.46. The third kappa shape index (κ3) is 3.92. The van der Waals surface area contributed by atoms with Crippen molar-refractivity contribution in [3.63, 3.8) is 0 Å². The first-order valence-electron chi connectivity index (χ1n) is 5.76. The van der Waals surface area contributed by atoms with Crippen LogP contribution >= 0.6 is 23.4 Å². The molecular weight excluding hydrogens is 321 g/mol. The maximum absolute atomic E-state index is 12.7. The number of hydrogen-bond acceptors (Lipinski definition) is 2. The van der Waals surface area contributed by atoms with Gasteiger partial charge in [0.05, 0.1) is 5.56 Å². The standard InChI is InChI=1S/C14H10ClF3N2S/c15-9-2-4-10(5-3-9)21-12-6-1-8(14(16,17)18)7-11(12)13(19)20/h1-7H,(H3,19,20). The second-order valence-corrected chi connectivity index (χ2v) is 5.73. The molecule has 2 aromatic rings. The fraction of sp³-hybridized carbons (Fsp3) is 0.0714. The number of rotatable bonds is 3. The second kappa shape index (κ2) is 5.99. The largest absolute Gasteiger partial charge is 0.416 e. The van der Waals surface area contributed by atoms with Crippen molar-refractivity contribution in [1.82, 2.24) is 0 Å². The number of amidine groups is 1. The quantitative estimate of drug-likeness (QED) is 0.627. The number of hydrogen-bond donors (Lipinski definition) is 2. The van der Waals surface area contributed by atoms with Crippen molar-refractivity contribution in [2.75, 3.05) is 0 Å². The van der Waals surface area contributed by atoms with Crippen molar-refractivity contribution in [2.45, 2.75) is 16.0 Å². The Balaban J connectivity index is 2.39. The number of benzene rings is 2. The summed E-state index contributed by atoms with van der Waals surface area (Å²) in [5.41, 5.74) is 4.62. The van der Waals surface area contributed by atoms with Crippen LogP contribution in [0.1, 0.15) is 11.1 Å². The van der Waals surface area contributed by atoms with Gasteiger partial charge >= 0.3 is 6.18 Å². The first-order valence-corrected chi connectivity index (χ1v) is 6.96. The van der Waals surface area contributed by atoms with Gasteiger partial charge in [-0.3, -0.25) is 5.41 Å². The smallest absolute Gasteiger partial charge is 0.384 e. The Morgan fingerprint density at radius 1 is 1.10 bits per heavy atom. The molecule has 0 fully saturated rings. The zero-order valence-corrected chi connectivity index (χ0v) is 12.1. The molecule has 0 heterocycles. The number of nitrogens with one attached hydrogen (secondary N) is 1. The zero-order chi connectivity index (χ0) is 15.6. The van der Waals surface area contributed by atoms with Gasteiger partial charge in [0.15, 0.2) is 0 Å². The SMILES string of the molecule is N=C(N)c1cc(C(F)(F)F)ccc1Sc1ccc(Cl)cc1. The maximum atomic E-state index is 12.7. The highest BCUT2D eigenvalue weighted by Gasteiger charge is 2.31. The summed E-state index contributed by atoms with van der Waals surface area (Å²) in [5.74, 6) is -0.405. The van der Waals surface area contributed by atoms with Crippen molar-refractivity contribution in [3.05, 3.63) is 58.6 Å². The van der Waals surface area contributed by atoms with Gasteiger partial charge in [-0.1, -0.05) is 23.4 Å². The van der Waals surface area contributed by atoms with E-state index in [4.69, 9.17) is 22.7 Å². The van der Waals surface area contributed by atoms with Crippen LogP contribution in [0.3, 0.4) is 0 Å². The second-order valence-electron chi connectivity index (χ2n) is 4.18. The zero-order valence-electron chi connectivity index (χ0n) is 10.5. The van der Waals surface area contributed by atoms with E-state index in [1.807, 2.05) is 0 Å². The minimum absolute atomic E-state index is 0.0600. The van der Waals surface area contributed by atoms with E-state index in [9.17, 15) is 13.2 Å². The lowest BCUT2D eigenvalue weighted by molar-refractivity contribution is -0.137. The Labute approximate surface area is 128 Å². The molecule has 2 nitrogen and oxygen atoms in total. The lowest BCUT2D eigenvalue weighted by atomic mass is 10.1. The highest BCUT2D eigenvalue weighted by atomic mass is 35.5. The van der Waals surface area contributed by atoms with E-state index in [2.05, 4.69) is 0 Å². The van der Waals surface area contributed by atoms with Crippen LogP contribution in [0.15, 0.2) is 52.3 Å². The third-order valence-corrected chi connectivity index (χ3v) is 3.97. The molecule has 0 radical (unpaired) electrons. The van der Waals surface area contributed by atoms with Crippen molar-refractivity contribution in [2.24, 2.45) is 5.73 Å². The van der Waals surface area contributed by atoms with Gasteiger partial charge < -0.3 is 5.73 Å². The summed E-state index contributed by atoms with van der Waals surface area (Å²) in [6.45, 7) is 0. The molecule has 0 saturated carbocycles. The number of nitrogen functional groups attached to an aromatic ring is 1. The monoisotopic (exact) mass is 330 g/mol. The van der Waals surface area contributed by atoms with E-state index < -0.39 is 17.6 Å². The van der Waals surface area contributed by atoms with Crippen LogP contribution in [-0.2, 0) is 6.18 Å². The average molecular weight is 331 g/mol. The molecule has 0 saturated heterocycles. The van der Waals surface area contributed by atoms with Crippen LogP contribution in [0.5, 0.6) is 0 Å². The molecule has 0 unspecified atom stereocenters. The third-order valence-electron chi connectivity index (χ3n) is 2.64. The molecule has 0 spiro atoms. The van der Waals surface area contributed by atoms with Crippen LogP contribution < -0.4 is 5.73 Å². The highest BCUT2D eigenvalue weighted by Crippen LogP contribution is 2.35. The summed E-state index contributed by atoms with van der Waals surface area (Å²) in [6, 6.07) is 10.0. The molecule has 0 aliphatic heterocycles. The van der Waals surface area contributed by atoms with Gasteiger partial charge in [0.2, 0.25) is 0 Å². The molecule has 0 aliphatic rings. The van der Waals surface area contributed by atoms with E-state index >= 15 is 0 Å². The fourth-order valence-corrected chi connectivity index (χ4v) is 2.70. The Hall–Kier alpha value is -1.66. The summed E-state index contributed by atoms with van der Waals surface area (Å²) in [7, 11) is 0. The fourth-order valence-electron chi connectivity index (χ4n) is 1.64. The molecule has 3 N–H and O–H groups in total. The maximum Gasteiger partial charge on any atom is 0.416 e. The van der Waals surface area contributed by atoms with E-state index in [0.717, 1.165) is 17.0 Å². The molecule has 0 aromatic heterocycles. The minimum Gasteiger partial charge on any atom is -0.384 e. The number of nitrogens with two attached hydrogens (primary N) is 1. The summed E-state index contributed by atoms with van der Waals surface area (Å²) >= 11 is 7.00. The van der Waals surface area contributed by atoms with Gasteiger partial charge in [-0.15, -0.1) is 0 Å². The van der Waals surface area contributed by atoms with Gasteiger partial charge in [-0.05, 0) is 42.5 Å². The molecule has 2 aromatic carbocycles. The van der Waals surface area contributed by atoms with Gasteiger partial charge in [0.1, 0.15) is 5.84 Å². The number of halogens is 4. The molecular formula is C14H10ClF3N2S. The van der Waals surface area contributed by atoms with Crippen LogP contribution in [0.2, 0.25) is 5.02 Å². The van der Waals surface area contributed by atoms with Crippen molar-refractivity contribution in [3.8, 4) is 0 Å². The van der Waals surface area contributed by atoms with Gasteiger partial charge in [0.25, 0.3) is 0 Å². The Morgan fingerprint density at radius 3 is 2.24 bits per heavy atom. The molecule has 110 valence electrons. The van der Waals surface area contributed by atoms with Crippen LogP contribution in [-0.4, -0.2) is 5.84 Å². The molecule has 0 atom stereocenters. The van der Waals surface area contributed by atoms with Crippen LogP contribution in [0.4, 0.5) is 13.2 Å². The molecule has 7 heteroatoms. The van der Waals surface area contributed by atoms with Crippen LogP contribution in [0, 0.1) is 5.41 Å². The Morgan fingerprint density at radius 2 is 1.71 bits per heavy atom. The van der Waals surface area contributed by atoms with Gasteiger partial charge in [-0.25, -0.2) is 0 Å². The first-order chi connectivity index (χ1) is 9.77. The topological polar surface area (TPSA) is 49.9 Å². The summed E-state index contributed by atoms with van der Waals surface area (Å²) in [4.78, 5) is 1.28. The lowest BCUT2D eigenvalue weighted by Gasteiger charge is -2.12. The normalized spacial score (nSPS) is 11.4. The van der Waals surface area contributed by atoms with Crippen molar-refractivity contribution >= 4 is 29.2 Å². The molecule has 0 bridgehead atoms. The predicted octanol–water partition coefficient (Wildman–Crippen LogP) is 4.79. The molecule has 2 rings (SSSR count). The molecule has 21 heavy (non-hydrogen) atoms. The minimum atomic E-state index is -4.46. The van der Waals surface area contributed by atoms with E-state index in [-0.39, 0.29) is 5.56 Å². The van der Waals surface area contributed by atoms with E-state index in [1.165, 1.54) is 17.8 Å². The highest BCUT2D eigenvalue weighted by molar-refractivity contribution is 7.99. The lowest BCUT2D eigenvalue weighted by Crippen LogP contribution is -2.14. The van der Waals surface area contributed by atoms with Gasteiger partial charge in [-0.2, -0.15) is 13.2 Å². The summed E-state index contributed by atoms with van der Waals surface area (Å²) in [5, 5.41) is 8.02. The van der Waals surface area contributed by atoms with Crippen molar-refractivity contribution in [1.29, 1.82) is 5.41 Å². The van der Waals surface area contributed by atoms with Crippen LogP contribution in [0.25, 0.3) is 0 Å². The Bertz CT molecular complexity index is 669. The molecule has 0 amide bonds. The van der Waals surface area contributed by atoms with E-state index in [0.29, 0.717) is 9.92 Å². The molecule has 0 aliphatic carbocycles. The predicted molar refractivity (Wildman–Crippen MR) is 78.0 cm³/mol. The van der Waals surface area contributed by atoms with Crippen molar-refractivity contribution < 1.29 is 13.2 Å². The van der Waals surface area contributed by atoms with Gasteiger partial charge in [0, 0.05) is 20.4 Å². The van der Waals surface area contributed by atoms with E-state index in [1.54, 1.807) is 24.3 Å².